The number of anilines is 1. The van der Waals surface area contributed by atoms with E-state index >= 15 is 0 Å². The second-order valence-corrected chi connectivity index (χ2v) is 7.22. The maximum atomic E-state index is 13.0. The van der Waals surface area contributed by atoms with E-state index in [1.54, 1.807) is 43.3 Å². The molecular formula is C23H24N2O8. The van der Waals surface area contributed by atoms with Crippen LogP contribution in [-0.2, 0) is 9.59 Å². The molecule has 0 aromatic heterocycles. The summed E-state index contributed by atoms with van der Waals surface area (Å²) in [6.45, 7) is 1.71. The third-order valence-electron chi connectivity index (χ3n) is 4.87. The van der Waals surface area contributed by atoms with E-state index in [2.05, 4.69) is 5.32 Å². The van der Waals surface area contributed by atoms with Crippen LogP contribution in [0.2, 0.25) is 0 Å². The molecule has 174 valence electrons. The Morgan fingerprint density at radius 1 is 1.15 bits per heavy atom. The number of rotatable bonds is 9. The summed E-state index contributed by atoms with van der Waals surface area (Å²) >= 11 is 0. The van der Waals surface area contributed by atoms with Crippen LogP contribution in [0, 0.1) is 0 Å². The lowest BCUT2D eigenvalue weighted by Crippen LogP contribution is -2.37. The number of methoxy groups -OCH3 is 2. The largest absolute Gasteiger partial charge is 0.495 e. The van der Waals surface area contributed by atoms with Crippen molar-refractivity contribution in [1.82, 2.24) is 0 Å². The van der Waals surface area contributed by atoms with E-state index in [0.29, 0.717) is 45.4 Å². The van der Waals surface area contributed by atoms with Gasteiger partial charge in [-0.15, -0.1) is 0 Å². The number of ether oxygens (including phenoxy) is 4. The molecule has 0 saturated heterocycles. The Morgan fingerprint density at radius 2 is 1.88 bits per heavy atom. The van der Waals surface area contributed by atoms with Crippen LogP contribution < -0.4 is 30.0 Å². The Bertz CT molecular complexity index is 1130. The smallest absolute Gasteiger partial charge is 0.305 e. The Balaban J connectivity index is 1.85. The fourth-order valence-electron chi connectivity index (χ4n) is 3.22. The first kappa shape index (κ1) is 23.6. The first-order valence-corrected chi connectivity index (χ1v) is 9.90. The van der Waals surface area contributed by atoms with Gasteiger partial charge in [-0.25, -0.2) is 0 Å². The molecule has 1 unspecified atom stereocenters. The van der Waals surface area contributed by atoms with Gasteiger partial charge in [0.05, 0.1) is 32.4 Å². The van der Waals surface area contributed by atoms with E-state index in [-0.39, 0.29) is 12.6 Å². The number of fused-ring (bicyclic) bond motifs is 1. The number of carboxylic acids is 1. The van der Waals surface area contributed by atoms with Crippen LogP contribution in [0.15, 0.2) is 35.9 Å². The minimum absolute atomic E-state index is 0.0502. The average molecular weight is 456 g/mol. The monoisotopic (exact) mass is 456 g/mol. The van der Waals surface area contributed by atoms with Crippen LogP contribution >= 0.6 is 0 Å². The molecule has 1 amide bonds. The predicted molar refractivity (Wildman–Crippen MR) is 119 cm³/mol. The zero-order chi connectivity index (χ0) is 24.1. The third-order valence-corrected chi connectivity index (χ3v) is 4.87. The molecule has 0 radical (unpaired) electrons. The highest BCUT2D eigenvalue weighted by Crippen LogP contribution is 2.42. The zero-order valence-corrected chi connectivity index (χ0v) is 18.3. The molecule has 1 aliphatic heterocycles. The summed E-state index contributed by atoms with van der Waals surface area (Å²) in [5, 5.41) is 11.4. The van der Waals surface area contributed by atoms with Gasteiger partial charge in [0.1, 0.15) is 5.75 Å². The van der Waals surface area contributed by atoms with Crippen molar-refractivity contribution in [3.63, 3.8) is 0 Å². The van der Waals surface area contributed by atoms with Crippen molar-refractivity contribution in [2.45, 2.75) is 19.4 Å². The number of aliphatic carboxylic acids is 1. The lowest BCUT2D eigenvalue weighted by molar-refractivity contribution is -0.138. The first-order chi connectivity index (χ1) is 15.7. The molecule has 0 aliphatic carbocycles. The number of benzene rings is 2. The lowest BCUT2D eigenvalue weighted by atomic mass is 10.0. The molecule has 2 aromatic rings. The molecule has 10 nitrogen and oxygen atoms in total. The van der Waals surface area contributed by atoms with Crippen LogP contribution in [0.3, 0.4) is 0 Å². The number of allylic oxidation sites excluding steroid dienone is 1. The highest BCUT2D eigenvalue weighted by atomic mass is 16.7. The molecule has 33 heavy (non-hydrogen) atoms. The highest BCUT2D eigenvalue weighted by molar-refractivity contribution is 6.11. The number of carbonyl (C=O) groups excluding carboxylic acids is 2. The van der Waals surface area contributed by atoms with E-state index in [1.807, 2.05) is 0 Å². The van der Waals surface area contributed by atoms with Gasteiger partial charge in [0.15, 0.2) is 17.3 Å². The molecule has 0 fully saturated rings. The van der Waals surface area contributed by atoms with Crippen LogP contribution in [-0.4, -0.2) is 49.8 Å². The second-order valence-electron chi connectivity index (χ2n) is 7.22. The van der Waals surface area contributed by atoms with Crippen LogP contribution in [0.1, 0.15) is 29.3 Å². The highest BCUT2D eigenvalue weighted by Gasteiger charge is 2.23. The summed E-state index contributed by atoms with van der Waals surface area (Å²) in [5.74, 6) is -0.477. The molecule has 0 saturated carbocycles. The second kappa shape index (κ2) is 10.0. The number of nitrogens with two attached hydrogens (primary N) is 1. The Hall–Kier alpha value is -4.05. The molecule has 1 aliphatic rings. The maximum absolute atomic E-state index is 13.0. The summed E-state index contributed by atoms with van der Waals surface area (Å²) < 4.78 is 21.3. The SMILES string of the molecule is COc1ccc(C=C(C)C(=O)c2cc(OC)c3c(c2)OCO3)cc1NC(=O)C(N)CC(=O)O. The molecule has 2 aromatic carbocycles. The number of nitrogens with one attached hydrogen (secondary N) is 1. The molecule has 10 heteroatoms. The molecular weight excluding hydrogens is 432 g/mol. The molecule has 3 rings (SSSR count). The van der Waals surface area contributed by atoms with Crippen molar-refractivity contribution < 1.29 is 38.4 Å². The Morgan fingerprint density at radius 3 is 2.55 bits per heavy atom. The topological polar surface area (TPSA) is 146 Å². The molecule has 1 heterocycles. The fraction of sp³-hybridized carbons (Fsp3) is 0.261. The predicted octanol–water partition coefficient (Wildman–Crippen LogP) is 2.46. The molecule has 1 atom stereocenters. The molecule has 4 N–H and O–H groups in total. The third kappa shape index (κ3) is 5.42. The molecule has 0 bridgehead atoms. The van der Waals surface area contributed by atoms with E-state index in [4.69, 9.17) is 29.8 Å². The van der Waals surface area contributed by atoms with Crippen LogP contribution in [0.5, 0.6) is 23.0 Å². The minimum atomic E-state index is -1.23. The summed E-state index contributed by atoms with van der Waals surface area (Å²) in [6.07, 6.45) is 1.13. The zero-order valence-electron chi connectivity index (χ0n) is 18.3. The average Bonchev–Trinajstić information content (AvgIpc) is 3.26. The van der Waals surface area contributed by atoms with Crippen molar-refractivity contribution >= 4 is 29.4 Å². The Kier molecular flexibility index (Phi) is 7.19. The van der Waals surface area contributed by atoms with E-state index < -0.39 is 24.3 Å². The summed E-state index contributed by atoms with van der Waals surface area (Å²) in [5.41, 5.74) is 7.31. The quantitative estimate of drug-likeness (QED) is 0.382. The lowest BCUT2D eigenvalue weighted by Gasteiger charge is -2.14. The van der Waals surface area contributed by atoms with Gasteiger partial charge in [0.2, 0.25) is 18.4 Å². The van der Waals surface area contributed by atoms with E-state index in [9.17, 15) is 14.4 Å². The van der Waals surface area contributed by atoms with Gasteiger partial charge in [0, 0.05) is 5.56 Å². The van der Waals surface area contributed by atoms with Crippen molar-refractivity contribution in [3.8, 4) is 23.0 Å². The van der Waals surface area contributed by atoms with Crippen molar-refractivity contribution in [1.29, 1.82) is 0 Å². The van der Waals surface area contributed by atoms with Crippen molar-refractivity contribution in [2.24, 2.45) is 5.73 Å². The first-order valence-electron chi connectivity index (χ1n) is 9.90. The van der Waals surface area contributed by atoms with Gasteiger partial charge in [-0.1, -0.05) is 6.07 Å². The number of hydrogen-bond acceptors (Lipinski definition) is 8. The summed E-state index contributed by atoms with van der Waals surface area (Å²) in [6, 6.07) is 6.87. The summed E-state index contributed by atoms with van der Waals surface area (Å²) in [7, 11) is 2.91. The Labute approximate surface area is 189 Å². The minimum Gasteiger partial charge on any atom is -0.495 e. The van der Waals surface area contributed by atoms with Gasteiger partial charge < -0.3 is 35.1 Å². The van der Waals surface area contributed by atoms with Gasteiger partial charge in [-0.05, 0) is 48.4 Å². The maximum Gasteiger partial charge on any atom is 0.305 e. The van der Waals surface area contributed by atoms with E-state index in [0.717, 1.165) is 0 Å². The number of amides is 1. The summed E-state index contributed by atoms with van der Waals surface area (Å²) in [4.78, 5) is 36.0. The van der Waals surface area contributed by atoms with Gasteiger partial charge in [0.25, 0.3) is 0 Å². The fourth-order valence-corrected chi connectivity index (χ4v) is 3.22. The number of hydrogen-bond donors (Lipinski definition) is 3. The number of Topliss-reactive ketones (excluding diaryl/α,β-unsaturated/α-hetero) is 1. The normalized spacial score (nSPS) is 13.3. The van der Waals surface area contributed by atoms with Gasteiger partial charge in [-0.2, -0.15) is 0 Å². The van der Waals surface area contributed by atoms with Crippen molar-refractivity contribution in [2.75, 3.05) is 26.3 Å². The number of ketones is 1. The number of carbonyl (C=O) groups is 3. The molecule has 0 spiro atoms. The van der Waals surface area contributed by atoms with Gasteiger partial charge in [-0.3, -0.25) is 14.4 Å². The van der Waals surface area contributed by atoms with Crippen LogP contribution in [0.4, 0.5) is 5.69 Å². The van der Waals surface area contributed by atoms with Crippen molar-refractivity contribution in [3.05, 3.63) is 47.0 Å². The van der Waals surface area contributed by atoms with E-state index in [1.165, 1.54) is 14.2 Å². The van der Waals surface area contributed by atoms with Crippen LogP contribution in [0.25, 0.3) is 6.08 Å². The van der Waals surface area contributed by atoms with Gasteiger partial charge >= 0.3 is 5.97 Å². The standard InChI is InChI=1S/C23H24N2O8/c1-12(21(28)14-8-18(31-3)22-19(9-14)32-11-33-22)6-13-4-5-17(30-2)16(7-13)25-23(29)15(24)10-20(26)27/h4-9,15H,10-11,24H2,1-3H3,(H,25,29)(H,26,27). The number of carboxylic acid groups (broad SMARTS) is 1.